The highest BCUT2D eigenvalue weighted by atomic mass is 127. The average molecular weight is 331 g/mol. The van der Waals surface area contributed by atoms with Crippen molar-refractivity contribution in [3.05, 3.63) is 31.9 Å². The molecule has 0 amide bonds. The Labute approximate surface area is 96.6 Å². The topological polar surface area (TPSA) is 23.8 Å². The van der Waals surface area contributed by atoms with E-state index in [4.69, 9.17) is 16.9 Å². The summed E-state index contributed by atoms with van der Waals surface area (Å²) < 4.78 is 37.4. The number of rotatable bonds is 0. The van der Waals surface area contributed by atoms with Gasteiger partial charge in [0.1, 0.15) is 0 Å². The normalized spacial score (nSPS) is 11.1. The molecule has 0 saturated carbocycles. The molecule has 0 saturated heterocycles. The number of halogens is 5. The Morgan fingerprint density at radius 2 is 1.93 bits per heavy atom. The molecule has 0 radical (unpaired) electrons. The zero-order chi connectivity index (χ0) is 10.9. The van der Waals surface area contributed by atoms with Gasteiger partial charge in [0.2, 0.25) is 0 Å². The predicted molar refractivity (Wildman–Crippen MR) is 53.9 cm³/mol. The first-order valence-corrected chi connectivity index (χ1v) is 4.78. The van der Waals surface area contributed by atoms with Gasteiger partial charge in [-0.25, -0.2) is 0 Å². The van der Waals surface area contributed by atoms with E-state index in [1.165, 1.54) is 6.07 Å². The summed E-state index contributed by atoms with van der Waals surface area (Å²) in [6, 6.07) is 3.37. The maximum absolute atomic E-state index is 12.3. The summed E-state index contributed by atoms with van der Waals surface area (Å²) >= 11 is 7.30. The van der Waals surface area contributed by atoms with Crippen LogP contribution in [0.25, 0.3) is 0 Å². The fourth-order valence-corrected chi connectivity index (χ4v) is 1.50. The maximum Gasteiger partial charge on any atom is 0.417 e. The zero-order valence-electron chi connectivity index (χ0n) is 6.49. The quantitative estimate of drug-likeness (QED) is 0.663. The van der Waals surface area contributed by atoms with Crippen LogP contribution in [0.5, 0.6) is 0 Å². The van der Waals surface area contributed by atoms with Crippen LogP contribution in [-0.4, -0.2) is 0 Å². The van der Waals surface area contributed by atoms with Crippen molar-refractivity contribution in [1.29, 1.82) is 5.26 Å². The van der Waals surface area contributed by atoms with Crippen LogP contribution in [0.3, 0.4) is 0 Å². The fraction of sp³-hybridized carbons (Fsp3) is 0.125. The van der Waals surface area contributed by atoms with Crippen molar-refractivity contribution < 1.29 is 13.2 Å². The van der Waals surface area contributed by atoms with Crippen molar-refractivity contribution in [3.63, 3.8) is 0 Å². The second-order valence-corrected chi connectivity index (χ2v) is 3.99. The first kappa shape index (κ1) is 11.6. The predicted octanol–water partition coefficient (Wildman–Crippen LogP) is 3.84. The maximum atomic E-state index is 12.3. The second kappa shape index (κ2) is 3.95. The molecule has 6 heteroatoms. The van der Waals surface area contributed by atoms with Gasteiger partial charge in [-0.15, -0.1) is 0 Å². The minimum absolute atomic E-state index is 0.00285. The molecule has 14 heavy (non-hydrogen) atoms. The SMILES string of the molecule is N#Cc1cc(I)c(Cl)cc1C(F)(F)F. The number of nitriles is 1. The van der Waals surface area contributed by atoms with Crippen LogP contribution in [0.2, 0.25) is 5.02 Å². The van der Waals surface area contributed by atoms with Gasteiger partial charge in [-0.1, -0.05) is 11.6 Å². The van der Waals surface area contributed by atoms with E-state index in [9.17, 15) is 13.2 Å². The summed E-state index contributed by atoms with van der Waals surface area (Å²) in [7, 11) is 0. The monoisotopic (exact) mass is 331 g/mol. The van der Waals surface area contributed by atoms with Crippen LogP contribution in [0.15, 0.2) is 12.1 Å². The summed E-state index contributed by atoms with van der Waals surface area (Å²) in [4.78, 5) is 0. The molecule has 0 aliphatic carbocycles. The standard InChI is InChI=1S/C8H2ClF3IN/c9-6-2-5(8(10,11)12)4(3-14)1-7(6)13/h1-2H. The van der Waals surface area contributed by atoms with Crippen molar-refractivity contribution in [1.82, 2.24) is 0 Å². The molecular formula is C8H2ClF3IN. The van der Waals surface area contributed by atoms with Crippen LogP contribution < -0.4 is 0 Å². The molecule has 0 aliphatic rings. The first-order chi connectivity index (χ1) is 6.36. The molecule has 1 aromatic carbocycles. The van der Waals surface area contributed by atoms with Crippen molar-refractivity contribution in [2.75, 3.05) is 0 Å². The zero-order valence-corrected chi connectivity index (χ0v) is 9.41. The average Bonchev–Trinajstić information content (AvgIpc) is 2.07. The third-order valence-electron chi connectivity index (χ3n) is 1.49. The Balaban J connectivity index is 3.45. The van der Waals surface area contributed by atoms with Gasteiger partial charge >= 0.3 is 6.18 Å². The molecule has 0 fully saturated rings. The molecule has 0 heterocycles. The third kappa shape index (κ3) is 2.30. The summed E-state index contributed by atoms with van der Waals surface area (Å²) in [6.07, 6.45) is -4.54. The molecule has 74 valence electrons. The highest BCUT2D eigenvalue weighted by Gasteiger charge is 2.34. The van der Waals surface area contributed by atoms with E-state index in [2.05, 4.69) is 0 Å². The van der Waals surface area contributed by atoms with E-state index in [0.717, 1.165) is 12.1 Å². The Morgan fingerprint density at radius 1 is 1.36 bits per heavy atom. The van der Waals surface area contributed by atoms with Gasteiger partial charge in [-0.05, 0) is 34.7 Å². The van der Waals surface area contributed by atoms with Crippen molar-refractivity contribution in [2.45, 2.75) is 6.18 Å². The lowest BCUT2D eigenvalue weighted by Crippen LogP contribution is -2.08. The van der Waals surface area contributed by atoms with Gasteiger partial charge in [-0.3, -0.25) is 0 Å². The molecular weight excluding hydrogens is 329 g/mol. The first-order valence-electron chi connectivity index (χ1n) is 3.32. The second-order valence-electron chi connectivity index (χ2n) is 2.42. The molecule has 0 N–H and O–H groups in total. The van der Waals surface area contributed by atoms with Crippen molar-refractivity contribution >= 4 is 34.2 Å². The Hall–Kier alpha value is -0.480. The minimum atomic E-state index is -4.54. The molecule has 0 aliphatic heterocycles. The molecule has 0 bridgehead atoms. The number of hydrogen-bond donors (Lipinski definition) is 0. The van der Waals surface area contributed by atoms with E-state index in [1.807, 2.05) is 0 Å². The summed E-state index contributed by atoms with van der Waals surface area (Å²) in [5.41, 5.74) is -1.41. The van der Waals surface area contributed by atoms with E-state index in [1.54, 1.807) is 22.6 Å². The molecule has 0 aromatic heterocycles. The summed E-state index contributed by atoms with van der Waals surface area (Å²) in [5, 5.41) is 8.50. The lowest BCUT2D eigenvalue weighted by molar-refractivity contribution is -0.137. The van der Waals surface area contributed by atoms with Gasteiger partial charge in [0, 0.05) is 3.57 Å². The number of hydrogen-bond acceptors (Lipinski definition) is 1. The van der Waals surface area contributed by atoms with E-state index in [-0.39, 0.29) is 5.02 Å². The largest absolute Gasteiger partial charge is 0.417 e. The number of benzene rings is 1. The molecule has 1 aromatic rings. The molecule has 0 spiro atoms. The fourth-order valence-electron chi connectivity index (χ4n) is 0.874. The van der Waals surface area contributed by atoms with Crippen molar-refractivity contribution in [3.8, 4) is 6.07 Å². The molecule has 0 atom stereocenters. The van der Waals surface area contributed by atoms with E-state index < -0.39 is 17.3 Å². The van der Waals surface area contributed by atoms with Crippen molar-refractivity contribution in [2.24, 2.45) is 0 Å². The highest BCUT2D eigenvalue weighted by Crippen LogP contribution is 2.35. The molecule has 0 unspecified atom stereocenters. The van der Waals surface area contributed by atoms with Crippen LogP contribution >= 0.6 is 34.2 Å². The van der Waals surface area contributed by atoms with Gasteiger partial charge in [0.05, 0.1) is 22.2 Å². The van der Waals surface area contributed by atoms with Crippen LogP contribution in [0, 0.1) is 14.9 Å². The Bertz CT molecular complexity index is 408. The smallest absolute Gasteiger partial charge is 0.192 e. The number of nitrogens with zero attached hydrogens (tertiary/aromatic N) is 1. The Kier molecular flexibility index (Phi) is 3.27. The van der Waals surface area contributed by atoms with Crippen LogP contribution in [-0.2, 0) is 6.18 Å². The minimum Gasteiger partial charge on any atom is -0.192 e. The molecule has 1 rings (SSSR count). The number of alkyl halides is 3. The Morgan fingerprint density at radius 3 is 2.36 bits per heavy atom. The van der Waals surface area contributed by atoms with Crippen LogP contribution in [0.1, 0.15) is 11.1 Å². The highest BCUT2D eigenvalue weighted by molar-refractivity contribution is 14.1. The molecule has 1 nitrogen and oxygen atoms in total. The summed E-state index contributed by atoms with van der Waals surface area (Å²) in [6.45, 7) is 0. The van der Waals surface area contributed by atoms with Gasteiger partial charge < -0.3 is 0 Å². The third-order valence-corrected chi connectivity index (χ3v) is 3.01. The van der Waals surface area contributed by atoms with Crippen LogP contribution in [0.4, 0.5) is 13.2 Å². The van der Waals surface area contributed by atoms with E-state index in [0.29, 0.717) is 3.57 Å². The van der Waals surface area contributed by atoms with Gasteiger partial charge in [0.25, 0.3) is 0 Å². The van der Waals surface area contributed by atoms with Gasteiger partial charge in [-0.2, -0.15) is 18.4 Å². The lowest BCUT2D eigenvalue weighted by atomic mass is 10.1. The van der Waals surface area contributed by atoms with Gasteiger partial charge in [0.15, 0.2) is 0 Å². The van der Waals surface area contributed by atoms with E-state index >= 15 is 0 Å². The lowest BCUT2D eigenvalue weighted by Gasteiger charge is -2.09. The summed E-state index contributed by atoms with van der Waals surface area (Å²) in [5.74, 6) is 0.